The average Bonchev–Trinajstić information content (AvgIpc) is 2.66. The molecule has 1 aromatic heterocycles. The summed E-state index contributed by atoms with van der Waals surface area (Å²) < 4.78 is 0. The predicted octanol–water partition coefficient (Wildman–Crippen LogP) is 4.37. The van der Waals surface area contributed by atoms with Crippen molar-refractivity contribution in [1.29, 1.82) is 0 Å². The van der Waals surface area contributed by atoms with Crippen LogP contribution in [0.5, 0.6) is 0 Å². The highest BCUT2D eigenvalue weighted by Crippen LogP contribution is 2.26. The molecule has 0 spiro atoms. The van der Waals surface area contributed by atoms with Gasteiger partial charge < -0.3 is 0 Å². The fourth-order valence-corrected chi connectivity index (χ4v) is 3.45. The van der Waals surface area contributed by atoms with Crippen LogP contribution in [0, 0.1) is 0 Å². The Balaban J connectivity index is 1.79. The molecule has 3 aromatic rings. The fourth-order valence-electron chi connectivity index (χ4n) is 2.85. The van der Waals surface area contributed by atoms with Crippen molar-refractivity contribution in [2.45, 2.75) is 0 Å². The molecule has 0 unspecified atom stereocenters. The number of aromatic nitrogens is 1. The van der Waals surface area contributed by atoms with E-state index in [4.69, 9.17) is 35.4 Å². The molecule has 5 nitrogen and oxygen atoms in total. The largest absolute Gasteiger partial charge is 0.298 e. The first kappa shape index (κ1) is 18.6. The van der Waals surface area contributed by atoms with Crippen LogP contribution in [0.2, 0.25) is 10.2 Å². The van der Waals surface area contributed by atoms with Gasteiger partial charge in [-0.2, -0.15) is 0 Å². The number of nitrogens with one attached hydrogen (secondary N) is 1. The third kappa shape index (κ3) is 3.38. The molecule has 1 fully saturated rings. The molecule has 2 amide bonds. The van der Waals surface area contributed by atoms with E-state index in [1.165, 1.54) is 11.0 Å². The van der Waals surface area contributed by atoms with Gasteiger partial charge in [0, 0.05) is 16.0 Å². The number of fused-ring (bicyclic) bond motifs is 1. The van der Waals surface area contributed by atoms with Crippen LogP contribution in [0.15, 0.2) is 60.2 Å². The van der Waals surface area contributed by atoms with Gasteiger partial charge in [0.05, 0.1) is 11.2 Å². The smallest absolute Gasteiger partial charge is 0.270 e. The number of carbonyl (C=O) groups is 2. The first-order valence-electron chi connectivity index (χ1n) is 8.16. The van der Waals surface area contributed by atoms with E-state index in [-0.39, 0.29) is 15.8 Å². The molecule has 138 valence electrons. The second-order valence-electron chi connectivity index (χ2n) is 6.00. The molecule has 28 heavy (non-hydrogen) atoms. The number of pyridine rings is 1. The third-order valence-corrected chi connectivity index (χ3v) is 5.03. The van der Waals surface area contributed by atoms with Gasteiger partial charge in [0.2, 0.25) is 0 Å². The molecule has 0 radical (unpaired) electrons. The molecule has 8 heteroatoms. The molecule has 0 saturated carbocycles. The highest BCUT2D eigenvalue weighted by molar-refractivity contribution is 7.80. The van der Waals surface area contributed by atoms with Crippen LogP contribution in [-0.4, -0.2) is 21.9 Å². The van der Waals surface area contributed by atoms with E-state index in [0.717, 1.165) is 10.9 Å². The zero-order chi connectivity index (χ0) is 19.8. The number of carbonyl (C=O) groups excluding carboxylic acids is 2. The summed E-state index contributed by atoms with van der Waals surface area (Å²) in [6, 6.07) is 15.8. The standard InChI is InChI=1S/C20H11Cl2N3O2S/c21-13-5-7-14(8-6-13)25-19(27)15(18(26)24-20(25)28)10-12-9-11-3-1-2-4-16(11)23-17(12)22/h1-10H,(H,24,26,28). The molecule has 4 rings (SSSR count). The summed E-state index contributed by atoms with van der Waals surface area (Å²) in [6.07, 6.45) is 1.42. The summed E-state index contributed by atoms with van der Waals surface area (Å²) in [5, 5.41) is 4.08. The Hall–Kier alpha value is -2.80. The lowest BCUT2D eigenvalue weighted by atomic mass is 10.1. The van der Waals surface area contributed by atoms with Crippen molar-refractivity contribution < 1.29 is 9.59 Å². The Morgan fingerprint density at radius 2 is 1.75 bits per heavy atom. The van der Waals surface area contributed by atoms with Crippen molar-refractivity contribution in [3.8, 4) is 0 Å². The first-order chi connectivity index (χ1) is 13.4. The summed E-state index contributed by atoms with van der Waals surface area (Å²) in [5.74, 6) is -1.15. The summed E-state index contributed by atoms with van der Waals surface area (Å²) in [6.45, 7) is 0. The van der Waals surface area contributed by atoms with Crippen LogP contribution in [0.4, 0.5) is 5.69 Å². The van der Waals surface area contributed by atoms with E-state index in [1.807, 2.05) is 24.3 Å². The highest BCUT2D eigenvalue weighted by Gasteiger charge is 2.34. The van der Waals surface area contributed by atoms with Gasteiger partial charge in [-0.1, -0.05) is 41.4 Å². The molecular formula is C20H11Cl2N3O2S. The van der Waals surface area contributed by atoms with E-state index in [9.17, 15) is 9.59 Å². The van der Waals surface area contributed by atoms with Crippen molar-refractivity contribution in [2.24, 2.45) is 0 Å². The SMILES string of the molecule is O=C1NC(=S)N(c2ccc(Cl)cc2)C(=O)C1=Cc1cc2ccccc2nc1Cl. The van der Waals surface area contributed by atoms with Crippen molar-refractivity contribution in [3.63, 3.8) is 0 Å². The molecule has 1 aliphatic rings. The van der Waals surface area contributed by atoms with Gasteiger partial charge in [-0.3, -0.25) is 19.8 Å². The lowest BCUT2D eigenvalue weighted by Gasteiger charge is -2.29. The number of hydrogen-bond donors (Lipinski definition) is 1. The van der Waals surface area contributed by atoms with Gasteiger partial charge >= 0.3 is 0 Å². The number of benzene rings is 2. The van der Waals surface area contributed by atoms with E-state index < -0.39 is 11.8 Å². The van der Waals surface area contributed by atoms with Gasteiger partial charge in [0.1, 0.15) is 10.7 Å². The number of halogens is 2. The Morgan fingerprint density at radius 3 is 2.50 bits per heavy atom. The highest BCUT2D eigenvalue weighted by atomic mass is 35.5. The molecule has 1 saturated heterocycles. The molecule has 0 bridgehead atoms. The second-order valence-corrected chi connectivity index (χ2v) is 7.18. The monoisotopic (exact) mass is 427 g/mol. The van der Waals surface area contributed by atoms with E-state index in [2.05, 4.69) is 10.3 Å². The maximum atomic E-state index is 13.0. The van der Waals surface area contributed by atoms with Gasteiger partial charge in [-0.15, -0.1) is 0 Å². The van der Waals surface area contributed by atoms with Crippen LogP contribution < -0.4 is 10.2 Å². The van der Waals surface area contributed by atoms with Crippen molar-refractivity contribution in [1.82, 2.24) is 10.3 Å². The molecule has 2 heterocycles. The molecular weight excluding hydrogens is 417 g/mol. The number of hydrogen-bond acceptors (Lipinski definition) is 4. The third-order valence-electron chi connectivity index (χ3n) is 4.19. The van der Waals surface area contributed by atoms with Crippen LogP contribution in [0.1, 0.15) is 5.56 Å². The Labute approximate surface area is 175 Å². The normalized spacial score (nSPS) is 16.0. The number of rotatable bonds is 2. The minimum atomic E-state index is -0.593. The van der Waals surface area contributed by atoms with Crippen molar-refractivity contribution in [2.75, 3.05) is 4.90 Å². The average molecular weight is 428 g/mol. The van der Waals surface area contributed by atoms with Gasteiger partial charge in [-0.25, -0.2) is 4.98 Å². The quantitative estimate of drug-likeness (QED) is 0.285. The van der Waals surface area contributed by atoms with E-state index in [1.54, 1.807) is 30.3 Å². The fraction of sp³-hybridized carbons (Fsp3) is 0. The second kappa shape index (κ2) is 7.31. The predicted molar refractivity (Wildman–Crippen MR) is 114 cm³/mol. The number of nitrogens with zero attached hydrogens (tertiary/aromatic N) is 2. The number of amides is 2. The zero-order valence-electron chi connectivity index (χ0n) is 14.1. The van der Waals surface area contributed by atoms with Crippen molar-refractivity contribution in [3.05, 3.63) is 75.9 Å². The summed E-state index contributed by atoms with van der Waals surface area (Å²) in [4.78, 5) is 31.0. The minimum absolute atomic E-state index is 0.00259. The Kier molecular flexibility index (Phi) is 4.85. The molecule has 2 aromatic carbocycles. The van der Waals surface area contributed by atoms with Crippen LogP contribution in [0.3, 0.4) is 0 Å². The number of para-hydroxylation sites is 1. The summed E-state index contributed by atoms with van der Waals surface area (Å²) in [7, 11) is 0. The molecule has 1 aliphatic heterocycles. The van der Waals surface area contributed by atoms with Gasteiger partial charge in [0.25, 0.3) is 11.8 Å². The van der Waals surface area contributed by atoms with Crippen LogP contribution in [0.25, 0.3) is 17.0 Å². The van der Waals surface area contributed by atoms with Crippen LogP contribution >= 0.6 is 35.4 Å². The van der Waals surface area contributed by atoms with Crippen molar-refractivity contribution >= 4 is 75.0 Å². The summed E-state index contributed by atoms with van der Waals surface area (Å²) in [5.41, 5.74) is 1.58. The number of thiocarbonyl (C=S) groups is 1. The maximum absolute atomic E-state index is 13.0. The zero-order valence-corrected chi connectivity index (χ0v) is 16.5. The maximum Gasteiger partial charge on any atom is 0.270 e. The van der Waals surface area contributed by atoms with Gasteiger partial charge in [0.15, 0.2) is 5.11 Å². The van der Waals surface area contributed by atoms with E-state index >= 15 is 0 Å². The number of anilines is 1. The lowest BCUT2D eigenvalue weighted by Crippen LogP contribution is -2.54. The molecule has 0 aliphatic carbocycles. The molecule has 1 N–H and O–H groups in total. The Morgan fingerprint density at radius 1 is 1.04 bits per heavy atom. The Bertz CT molecular complexity index is 1180. The minimum Gasteiger partial charge on any atom is -0.298 e. The van der Waals surface area contributed by atoms with Gasteiger partial charge in [-0.05, 0) is 54.7 Å². The topological polar surface area (TPSA) is 62.3 Å². The van der Waals surface area contributed by atoms with Crippen LogP contribution in [-0.2, 0) is 9.59 Å². The molecule has 0 atom stereocenters. The lowest BCUT2D eigenvalue weighted by molar-refractivity contribution is -0.122. The summed E-state index contributed by atoms with van der Waals surface area (Å²) >= 11 is 17.4. The first-order valence-corrected chi connectivity index (χ1v) is 9.33. The van der Waals surface area contributed by atoms with E-state index in [0.29, 0.717) is 16.3 Å².